The van der Waals surface area contributed by atoms with Gasteiger partial charge < -0.3 is 10.1 Å². The third-order valence-electron chi connectivity index (χ3n) is 3.02. The standard InChI is InChI=1S/C16H29N3O/c1-5-8-17-16-7-6-15(11-18-16)13-19(9-10-20-4)12-14(2)3/h6-7,11,14H,5,8-10,12-13H2,1-4H3,(H,17,18). The molecule has 0 aliphatic heterocycles. The summed E-state index contributed by atoms with van der Waals surface area (Å²) >= 11 is 0. The van der Waals surface area contributed by atoms with Gasteiger partial charge >= 0.3 is 0 Å². The zero-order valence-electron chi connectivity index (χ0n) is 13.4. The van der Waals surface area contributed by atoms with Crippen LogP contribution in [0.25, 0.3) is 0 Å². The topological polar surface area (TPSA) is 37.4 Å². The lowest BCUT2D eigenvalue weighted by Crippen LogP contribution is -2.30. The molecule has 0 radical (unpaired) electrons. The second kappa shape index (κ2) is 9.72. The molecule has 0 aliphatic carbocycles. The van der Waals surface area contributed by atoms with Gasteiger partial charge in [-0.25, -0.2) is 4.98 Å². The minimum atomic E-state index is 0.658. The first-order valence-corrected chi connectivity index (χ1v) is 7.55. The average Bonchev–Trinajstić information content (AvgIpc) is 2.43. The molecule has 114 valence electrons. The highest BCUT2D eigenvalue weighted by molar-refractivity contribution is 5.35. The molecule has 1 heterocycles. The van der Waals surface area contributed by atoms with Gasteiger partial charge in [0.05, 0.1) is 6.61 Å². The quantitative estimate of drug-likeness (QED) is 0.714. The average molecular weight is 279 g/mol. The van der Waals surface area contributed by atoms with Gasteiger partial charge in [-0.05, 0) is 24.0 Å². The van der Waals surface area contributed by atoms with Gasteiger partial charge in [0.15, 0.2) is 0 Å². The van der Waals surface area contributed by atoms with Gasteiger partial charge in [0, 0.05) is 39.5 Å². The van der Waals surface area contributed by atoms with E-state index in [1.807, 2.05) is 6.20 Å². The summed E-state index contributed by atoms with van der Waals surface area (Å²) in [6, 6.07) is 4.22. The van der Waals surface area contributed by atoms with Crippen molar-refractivity contribution in [3.05, 3.63) is 23.9 Å². The molecule has 20 heavy (non-hydrogen) atoms. The predicted molar refractivity (Wildman–Crippen MR) is 85.0 cm³/mol. The summed E-state index contributed by atoms with van der Waals surface area (Å²) in [5, 5.41) is 3.30. The summed E-state index contributed by atoms with van der Waals surface area (Å²) in [4.78, 5) is 6.88. The van der Waals surface area contributed by atoms with E-state index in [1.54, 1.807) is 7.11 Å². The maximum absolute atomic E-state index is 5.19. The van der Waals surface area contributed by atoms with Crippen molar-refractivity contribution >= 4 is 5.82 Å². The SMILES string of the molecule is CCCNc1ccc(CN(CCOC)CC(C)C)cn1. The van der Waals surface area contributed by atoms with E-state index in [2.05, 4.69) is 48.1 Å². The van der Waals surface area contributed by atoms with Gasteiger partial charge in [0.25, 0.3) is 0 Å². The van der Waals surface area contributed by atoms with Crippen LogP contribution < -0.4 is 5.32 Å². The van der Waals surface area contributed by atoms with Crippen LogP contribution in [0.1, 0.15) is 32.8 Å². The molecular formula is C16H29N3O. The van der Waals surface area contributed by atoms with Crippen molar-refractivity contribution < 1.29 is 4.74 Å². The highest BCUT2D eigenvalue weighted by atomic mass is 16.5. The molecule has 0 atom stereocenters. The molecule has 0 spiro atoms. The van der Waals surface area contributed by atoms with Crippen LogP contribution in [-0.4, -0.2) is 43.2 Å². The Kier molecular flexibility index (Phi) is 8.23. The van der Waals surface area contributed by atoms with Crippen molar-refractivity contribution in [3.63, 3.8) is 0 Å². The summed E-state index contributed by atoms with van der Waals surface area (Å²) < 4.78 is 5.19. The van der Waals surface area contributed by atoms with E-state index in [4.69, 9.17) is 4.74 Å². The molecule has 1 rings (SSSR count). The van der Waals surface area contributed by atoms with Crippen LogP contribution in [0.2, 0.25) is 0 Å². The largest absolute Gasteiger partial charge is 0.383 e. The van der Waals surface area contributed by atoms with Crippen molar-refractivity contribution in [2.45, 2.75) is 33.7 Å². The van der Waals surface area contributed by atoms with Gasteiger partial charge in [-0.15, -0.1) is 0 Å². The third-order valence-corrected chi connectivity index (χ3v) is 3.02. The molecule has 0 saturated heterocycles. The molecule has 1 aromatic rings. The van der Waals surface area contributed by atoms with E-state index < -0.39 is 0 Å². The summed E-state index contributed by atoms with van der Waals surface area (Å²) in [6.07, 6.45) is 3.08. The van der Waals surface area contributed by atoms with E-state index in [0.29, 0.717) is 5.92 Å². The number of hydrogen-bond donors (Lipinski definition) is 1. The molecule has 0 unspecified atom stereocenters. The first-order chi connectivity index (χ1) is 9.65. The lowest BCUT2D eigenvalue weighted by atomic mass is 10.2. The van der Waals surface area contributed by atoms with Gasteiger partial charge in [-0.1, -0.05) is 26.8 Å². The Bertz CT molecular complexity index is 351. The Balaban J connectivity index is 2.53. The fourth-order valence-electron chi connectivity index (χ4n) is 2.11. The first-order valence-electron chi connectivity index (χ1n) is 7.55. The molecule has 0 aromatic carbocycles. The Morgan fingerprint density at radius 2 is 2.15 bits per heavy atom. The maximum Gasteiger partial charge on any atom is 0.125 e. The monoisotopic (exact) mass is 279 g/mol. The van der Waals surface area contributed by atoms with Crippen molar-refractivity contribution in [1.82, 2.24) is 9.88 Å². The highest BCUT2D eigenvalue weighted by Gasteiger charge is 2.08. The molecule has 0 aliphatic rings. The van der Waals surface area contributed by atoms with Gasteiger partial charge in [-0.3, -0.25) is 4.90 Å². The predicted octanol–water partition coefficient (Wildman–Crippen LogP) is 3.01. The number of ether oxygens (including phenoxy) is 1. The second-order valence-corrected chi connectivity index (χ2v) is 5.60. The maximum atomic E-state index is 5.19. The number of rotatable bonds is 10. The Morgan fingerprint density at radius 3 is 2.70 bits per heavy atom. The molecule has 0 bridgehead atoms. The number of hydrogen-bond acceptors (Lipinski definition) is 4. The van der Waals surface area contributed by atoms with Gasteiger partial charge in [0.1, 0.15) is 5.82 Å². The number of anilines is 1. The molecule has 0 amide bonds. The van der Waals surface area contributed by atoms with Gasteiger partial charge in [-0.2, -0.15) is 0 Å². The van der Waals surface area contributed by atoms with Crippen LogP contribution in [0.15, 0.2) is 18.3 Å². The Hall–Kier alpha value is -1.13. The number of aromatic nitrogens is 1. The molecule has 0 fully saturated rings. The molecule has 1 aromatic heterocycles. The Morgan fingerprint density at radius 1 is 1.35 bits per heavy atom. The van der Waals surface area contributed by atoms with Crippen LogP contribution in [0.5, 0.6) is 0 Å². The van der Waals surface area contributed by atoms with E-state index in [1.165, 1.54) is 5.56 Å². The second-order valence-electron chi connectivity index (χ2n) is 5.60. The fraction of sp³-hybridized carbons (Fsp3) is 0.688. The highest BCUT2D eigenvalue weighted by Crippen LogP contribution is 2.09. The summed E-state index contributed by atoms with van der Waals surface area (Å²) in [6.45, 7) is 11.4. The number of pyridine rings is 1. The van der Waals surface area contributed by atoms with E-state index in [9.17, 15) is 0 Å². The van der Waals surface area contributed by atoms with E-state index in [-0.39, 0.29) is 0 Å². The van der Waals surface area contributed by atoms with E-state index >= 15 is 0 Å². The van der Waals surface area contributed by atoms with Crippen molar-refractivity contribution in [2.75, 3.05) is 38.7 Å². The molecule has 4 nitrogen and oxygen atoms in total. The third kappa shape index (κ3) is 6.87. The lowest BCUT2D eigenvalue weighted by molar-refractivity contribution is 0.136. The summed E-state index contributed by atoms with van der Waals surface area (Å²) in [7, 11) is 1.75. The van der Waals surface area contributed by atoms with Crippen LogP contribution in [-0.2, 0) is 11.3 Å². The molecular weight excluding hydrogens is 250 g/mol. The van der Waals surface area contributed by atoms with Crippen LogP contribution in [0.4, 0.5) is 5.82 Å². The molecule has 1 N–H and O–H groups in total. The van der Waals surface area contributed by atoms with Crippen LogP contribution >= 0.6 is 0 Å². The lowest BCUT2D eigenvalue weighted by Gasteiger charge is -2.24. The van der Waals surface area contributed by atoms with Gasteiger partial charge in [0.2, 0.25) is 0 Å². The first kappa shape index (κ1) is 16.9. The normalized spacial score (nSPS) is 11.3. The number of methoxy groups -OCH3 is 1. The minimum Gasteiger partial charge on any atom is -0.383 e. The Labute approximate surface area is 123 Å². The smallest absolute Gasteiger partial charge is 0.125 e. The number of nitrogens with zero attached hydrogens (tertiary/aromatic N) is 2. The molecule has 0 saturated carbocycles. The summed E-state index contributed by atoms with van der Waals surface area (Å²) in [5.74, 6) is 1.62. The van der Waals surface area contributed by atoms with Crippen LogP contribution in [0, 0.1) is 5.92 Å². The van der Waals surface area contributed by atoms with Crippen molar-refractivity contribution in [3.8, 4) is 0 Å². The fourth-order valence-corrected chi connectivity index (χ4v) is 2.11. The van der Waals surface area contributed by atoms with Crippen LogP contribution in [0.3, 0.4) is 0 Å². The molecule has 4 heteroatoms. The van der Waals surface area contributed by atoms with Crippen molar-refractivity contribution in [2.24, 2.45) is 5.92 Å². The summed E-state index contributed by atoms with van der Waals surface area (Å²) in [5.41, 5.74) is 1.25. The zero-order valence-corrected chi connectivity index (χ0v) is 13.4. The number of nitrogens with one attached hydrogen (secondary N) is 1. The van der Waals surface area contributed by atoms with E-state index in [0.717, 1.165) is 45.0 Å². The minimum absolute atomic E-state index is 0.658. The van der Waals surface area contributed by atoms with Crippen molar-refractivity contribution in [1.29, 1.82) is 0 Å². The zero-order chi connectivity index (χ0) is 14.8.